The van der Waals surface area contributed by atoms with Gasteiger partial charge >= 0.3 is 0 Å². The number of aliphatic hydroxyl groups excluding tert-OH is 1. The van der Waals surface area contributed by atoms with Crippen molar-refractivity contribution >= 4 is 5.91 Å². The zero-order chi connectivity index (χ0) is 14.3. The van der Waals surface area contributed by atoms with Crippen molar-refractivity contribution in [3.05, 3.63) is 35.4 Å². The van der Waals surface area contributed by atoms with E-state index >= 15 is 0 Å². The number of methoxy groups -OCH3 is 1. The van der Waals surface area contributed by atoms with E-state index in [2.05, 4.69) is 17.2 Å². The van der Waals surface area contributed by atoms with E-state index < -0.39 is 5.54 Å². The van der Waals surface area contributed by atoms with Crippen LogP contribution in [0.4, 0.5) is 0 Å². The van der Waals surface area contributed by atoms with Crippen LogP contribution >= 0.6 is 0 Å². The number of benzene rings is 1. The maximum atomic E-state index is 12.2. The Labute approximate surface area is 113 Å². The predicted octanol–water partition coefficient (Wildman–Crippen LogP) is 1.19. The highest BCUT2D eigenvalue weighted by molar-refractivity contribution is 5.97. The van der Waals surface area contributed by atoms with Crippen LogP contribution in [0.5, 0.6) is 0 Å². The first-order chi connectivity index (χ1) is 9.00. The molecule has 0 bridgehead atoms. The highest BCUT2D eigenvalue weighted by atomic mass is 16.5. The Hall–Kier alpha value is -1.83. The topological polar surface area (TPSA) is 58.6 Å². The normalized spacial score (nSPS) is 10.5. The van der Waals surface area contributed by atoms with Crippen LogP contribution in [-0.4, -0.2) is 36.9 Å². The summed E-state index contributed by atoms with van der Waals surface area (Å²) in [6.07, 6.45) is 0. The number of carbonyl (C=O) groups is 1. The van der Waals surface area contributed by atoms with Crippen LogP contribution in [0.15, 0.2) is 24.3 Å². The summed E-state index contributed by atoms with van der Waals surface area (Å²) in [7, 11) is 1.59. The molecule has 0 aliphatic rings. The zero-order valence-electron chi connectivity index (χ0n) is 11.5. The fourth-order valence-corrected chi connectivity index (χ4v) is 1.70. The first-order valence-corrected chi connectivity index (χ1v) is 6.00. The van der Waals surface area contributed by atoms with Gasteiger partial charge in [-0.3, -0.25) is 4.79 Å². The van der Waals surface area contributed by atoms with Crippen LogP contribution in [-0.2, 0) is 4.74 Å². The van der Waals surface area contributed by atoms with Crippen molar-refractivity contribution in [3.63, 3.8) is 0 Å². The van der Waals surface area contributed by atoms with Crippen molar-refractivity contribution in [2.75, 3.05) is 20.3 Å². The second-order valence-corrected chi connectivity index (χ2v) is 4.78. The molecule has 0 fully saturated rings. The predicted molar refractivity (Wildman–Crippen MR) is 73.8 cm³/mol. The zero-order valence-corrected chi connectivity index (χ0v) is 11.5. The molecular formula is C15H19NO3. The SMILES string of the molecule is COCC(C)(C)NC(=O)c1ccccc1C#CCO. The Morgan fingerprint density at radius 3 is 2.74 bits per heavy atom. The van der Waals surface area contributed by atoms with E-state index in [9.17, 15) is 4.79 Å². The number of hydrogen-bond donors (Lipinski definition) is 2. The summed E-state index contributed by atoms with van der Waals surface area (Å²) in [6.45, 7) is 3.96. The van der Waals surface area contributed by atoms with Crippen LogP contribution in [0.3, 0.4) is 0 Å². The molecule has 1 aromatic carbocycles. The molecule has 0 aliphatic carbocycles. The van der Waals surface area contributed by atoms with E-state index in [0.29, 0.717) is 17.7 Å². The highest BCUT2D eigenvalue weighted by Gasteiger charge is 2.21. The smallest absolute Gasteiger partial charge is 0.253 e. The number of amides is 1. The van der Waals surface area contributed by atoms with Crippen molar-refractivity contribution in [1.29, 1.82) is 0 Å². The molecule has 4 nitrogen and oxygen atoms in total. The van der Waals surface area contributed by atoms with Crippen LogP contribution in [0.25, 0.3) is 0 Å². The summed E-state index contributed by atoms with van der Waals surface area (Å²) in [6, 6.07) is 7.04. The number of rotatable bonds is 4. The van der Waals surface area contributed by atoms with Crippen molar-refractivity contribution in [2.45, 2.75) is 19.4 Å². The lowest BCUT2D eigenvalue weighted by molar-refractivity contribution is 0.0820. The molecule has 0 aliphatic heterocycles. The average molecular weight is 261 g/mol. The molecule has 0 radical (unpaired) electrons. The van der Waals surface area contributed by atoms with Gasteiger partial charge in [0.15, 0.2) is 0 Å². The van der Waals surface area contributed by atoms with Crippen LogP contribution in [0, 0.1) is 11.8 Å². The molecule has 0 aromatic heterocycles. The largest absolute Gasteiger partial charge is 0.384 e. The second-order valence-electron chi connectivity index (χ2n) is 4.78. The molecule has 1 amide bonds. The lowest BCUT2D eigenvalue weighted by atomic mass is 10.0. The molecule has 0 saturated heterocycles. The van der Waals surface area contributed by atoms with Crippen molar-refractivity contribution in [2.24, 2.45) is 0 Å². The van der Waals surface area contributed by atoms with E-state index in [1.807, 2.05) is 13.8 Å². The van der Waals surface area contributed by atoms with Gasteiger partial charge in [0.1, 0.15) is 6.61 Å². The van der Waals surface area contributed by atoms with E-state index in [1.54, 1.807) is 31.4 Å². The number of nitrogens with one attached hydrogen (secondary N) is 1. The maximum Gasteiger partial charge on any atom is 0.253 e. The molecule has 1 rings (SSSR count). The van der Waals surface area contributed by atoms with Crippen LogP contribution in [0.2, 0.25) is 0 Å². The minimum absolute atomic E-state index is 0.204. The fraction of sp³-hybridized carbons (Fsp3) is 0.400. The lowest BCUT2D eigenvalue weighted by Gasteiger charge is -2.25. The molecule has 0 spiro atoms. The third-order valence-electron chi connectivity index (χ3n) is 2.43. The van der Waals surface area contributed by atoms with E-state index in [4.69, 9.17) is 9.84 Å². The van der Waals surface area contributed by atoms with Crippen molar-refractivity contribution in [1.82, 2.24) is 5.32 Å². The Balaban J connectivity index is 2.94. The molecule has 2 N–H and O–H groups in total. The number of hydrogen-bond acceptors (Lipinski definition) is 3. The average Bonchev–Trinajstić information content (AvgIpc) is 2.36. The Morgan fingerprint density at radius 2 is 2.11 bits per heavy atom. The van der Waals surface area contributed by atoms with Gasteiger partial charge in [0.2, 0.25) is 0 Å². The molecule has 0 heterocycles. The van der Waals surface area contributed by atoms with Crippen LogP contribution in [0.1, 0.15) is 29.8 Å². The fourth-order valence-electron chi connectivity index (χ4n) is 1.70. The Morgan fingerprint density at radius 1 is 1.42 bits per heavy atom. The van der Waals surface area contributed by atoms with Gasteiger partial charge < -0.3 is 15.2 Å². The monoisotopic (exact) mass is 261 g/mol. The van der Waals surface area contributed by atoms with E-state index in [1.165, 1.54) is 0 Å². The summed E-state index contributed by atoms with van der Waals surface area (Å²) in [5, 5.41) is 11.6. The van der Waals surface area contributed by atoms with Crippen LogP contribution < -0.4 is 5.32 Å². The number of ether oxygens (including phenoxy) is 1. The summed E-state index contributed by atoms with van der Waals surface area (Å²) in [4.78, 5) is 12.2. The van der Waals surface area contributed by atoms with E-state index in [0.717, 1.165) is 0 Å². The van der Waals surface area contributed by atoms with Crippen molar-refractivity contribution < 1.29 is 14.6 Å². The van der Waals surface area contributed by atoms with Gasteiger partial charge in [-0.1, -0.05) is 24.0 Å². The van der Waals surface area contributed by atoms with Gasteiger partial charge in [0, 0.05) is 12.7 Å². The summed E-state index contributed by atoms with van der Waals surface area (Å²) >= 11 is 0. The van der Waals surface area contributed by atoms with Gasteiger partial charge in [-0.2, -0.15) is 0 Å². The van der Waals surface area contributed by atoms with Gasteiger partial charge in [0.05, 0.1) is 17.7 Å². The van der Waals surface area contributed by atoms with Gasteiger partial charge in [0.25, 0.3) is 5.91 Å². The molecule has 4 heteroatoms. The third kappa shape index (κ3) is 4.74. The molecule has 0 atom stereocenters. The first kappa shape index (κ1) is 15.2. The number of aliphatic hydroxyl groups is 1. The van der Waals surface area contributed by atoms with Crippen molar-refractivity contribution in [3.8, 4) is 11.8 Å². The molecule has 0 saturated carbocycles. The molecule has 0 unspecified atom stereocenters. The maximum absolute atomic E-state index is 12.2. The minimum atomic E-state index is -0.455. The summed E-state index contributed by atoms with van der Waals surface area (Å²) in [5.74, 6) is 5.11. The van der Waals surface area contributed by atoms with Gasteiger partial charge in [-0.25, -0.2) is 0 Å². The number of carbonyl (C=O) groups excluding carboxylic acids is 1. The van der Waals surface area contributed by atoms with E-state index in [-0.39, 0.29) is 12.5 Å². The quantitative estimate of drug-likeness (QED) is 0.800. The minimum Gasteiger partial charge on any atom is -0.384 e. The highest BCUT2D eigenvalue weighted by Crippen LogP contribution is 2.10. The third-order valence-corrected chi connectivity index (χ3v) is 2.43. The second kappa shape index (κ2) is 6.93. The summed E-state index contributed by atoms with van der Waals surface area (Å²) < 4.78 is 5.06. The standard InChI is InChI=1S/C15H19NO3/c1-15(2,11-19-3)16-14(18)13-9-5-4-7-12(13)8-6-10-17/h4-5,7,9,17H,10-11H2,1-3H3,(H,16,18). The lowest BCUT2D eigenvalue weighted by Crippen LogP contribution is -2.46. The molecule has 19 heavy (non-hydrogen) atoms. The van der Waals surface area contributed by atoms with Gasteiger partial charge in [-0.15, -0.1) is 0 Å². The molecule has 102 valence electrons. The molecular weight excluding hydrogens is 242 g/mol. The Kier molecular flexibility index (Phi) is 5.56. The first-order valence-electron chi connectivity index (χ1n) is 6.00. The summed E-state index contributed by atoms with van der Waals surface area (Å²) in [5.41, 5.74) is 0.637. The Bertz CT molecular complexity index is 498. The molecule has 1 aromatic rings. The van der Waals surface area contributed by atoms with Gasteiger partial charge in [-0.05, 0) is 26.0 Å².